The Morgan fingerprint density at radius 2 is 1.79 bits per heavy atom. The summed E-state index contributed by atoms with van der Waals surface area (Å²) in [6, 6.07) is 16.6. The van der Waals surface area contributed by atoms with Gasteiger partial charge in [-0.1, -0.05) is 36.4 Å². The van der Waals surface area contributed by atoms with Crippen molar-refractivity contribution in [3.05, 3.63) is 83.4 Å². The summed E-state index contributed by atoms with van der Waals surface area (Å²) in [5.41, 5.74) is 10.1. The minimum atomic E-state index is -1.12. The fourth-order valence-corrected chi connectivity index (χ4v) is 3.59. The number of carboxylic acids is 1. The number of aromatic carboxylic acids is 1. The molecule has 0 amide bonds. The Labute approximate surface area is 195 Å². The third-order valence-electron chi connectivity index (χ3n) is 4.91. The van der Waals surface area contributed by atoms with Crippen molar-refractivity contribution in [3.63, 3.8) is 0 Å². The van der Waals surface area contributed by atoms with Crippen LogP contribution in [-0.4, -0.2) is 35.6 Å². The van der Waals surface area contributed by atoms with Gasteiger partial charge >= 0.3 is 5.97 Å². The quantitative estimate of drug-likeness (QED) is 0.354. The highest BCUT2D eigenvalue weighted by atomic mass is 79.9. The van der Waals surface area contributed by atoms with Crippen LogP contribution in [0.2, 0.25) is 0 Å². The average Bonchev–Trinajstić information content (AvgIpc) is 3.27. The molecule has 0 atom stereocenters. The van der Waals surface area contributed by atoms with Crippen molar-refractivity contribution in [1.29, 1.82) is 0 Å². The number of nitrogens with two attached hydrogens (primary N) is 1. The highest BCUT2D eigenvalue weighted by molar-refractivity contribution is 9.10. The number of nitrogens with zero attached hydrogens (tertiary/aromatic N) is 5. The monoisotopic (exact) mass is 502 g/mol. The number of carbonyl (C=O) groups is 1. The maximum absolute atomic E-state index is 11.0. The molecule has 0 fully saturated rings. The Balaban J connectivity index is 1.52. The third-order valence-corrected chi connectivity index (χ3v) is 5.65. The Kier molecular flexibility index (Phi) is 5.19. The Morgan fingerprint density at radius 1 is 0.970 bits per heavy atom. The Morgan fingerprint density at radius 3 is 2.45 bits per heavy atom. The number of carboxylic acid groups (broad SMARTS) is 1. The van der Waals surface area contributed by atoms with E-state index in [1.807, 2.05) is 42.5 Å². The Bertz CT molecular complexity index is 1470. The minimum Gasteiger partial charge on any atom is -0.477 e. The molecule has 0 unspecified atom stereocenters. The van der Waals surface area contributed by atoms with E-state index in [2.05, 4.69) is 36.0 Å². The number of halogens is 1. The van der Waals surface area contributed by atoms with E-state index in [1.165, 1.54) is 22.8 Å². The summed E-state index contributed by atoms with van der Waals surface area (Å²) in [6.45, 7) is 0. The van der Waals surface area contributed by atoms with Gasteiger partial charge in [0.2, 0.25) is 5.88 Å². The first-order chi connectivity index (χ1) is 16.0. The number of pyridine rings is 2. The minimum absolute atomic E-state index is 0.0890. The molecule has 3 N–H and O–H groups in total. The van der Waals surface area contributed by atoms with Gasteiger partial charge in [0.05, 0.1) is 18.1 Å². The van der Waals surface area contributed by atoms with Gasteiger partial charge in [0.15, 0.2) is 5.65 Å². The van der Waals surface area contributed by atoms with E-state index in [4.69, 9.17) is 15.6 Å². The molecular weight excluding hydrogens is 488 g/mol. The highest BCUT2D eigenvalue weighted by Gasteiger charge is 2.18. The second kappa shape index (κ2) is 8.32. The van der Waals surface area contributed by atoms with Crippen molar-refractivity contribution in [3.8, 4) is 34.0 Å². The van der Waals surface area contributed by atoms with Crippen LogP contribution < -0.4 is 10.5 Å². The van der Waals surface area contributed by atoms with E-state index in [0.29, 0.717) is 21.7 Å². The van der Waals surface area contributed by atoms with Crippen molar-refractivity contribution in [2.45, 2.75) is 0 Å². The lowest BCUT2D eigenvalue weighted by Gasteiger charge is -2.10. The number of anilines is 1. The molecule has 9 nitrogen and oxygen atoms in total. The second-order valence-electron chi connectivity index (χ2n) is 6.99. The van der Waals surface area contributed by atoms with Crippen LogP contribution in [0.5, 0.6) is 11.6 Å². The molecule has 0 bridgehead atoms. The maximum atomic E-state index is 11.0. The van der Waals surface area contributed by atoms with E-state index >= 15 is 0 Å². The number of benzene rings is 1. The van der Waals surface area contributed by atoms with Gasteiger partial charge in [-0.15, -0.1) is 0 Å². The van der Waals surface area contributed by atoms with Gasteiger partial charge in [-0.25, -0.2) is 9.78 Å². The highest BCUT2D eigenvalue weighted by Crippen LogP contribution is 2.35. The smallest absolute Gasteiger partial charge is 0.354 e. The zero-order valence-electron chi connectivity index (χ0n) is 16.9. The molecule has 0 saturated heterocycles. The first-order valence-electron chi connectivity index (χ1n) is 9.73. The summed E-state index contributed by atoms with van der Waals surface area (Å²) >= 11 is 3.40. The van der Waals surface area contributed by atoms with Crippen LogP contribution in [0.1, 0.15) is 10.5 Å². The van der Waals surface area contributed by atoms with E-state index in [-0.39, 0.29) is 11.6 Å². The molecule has 33 heavy (non-hydrogen) atoms. The molecule has 0 spiro atoms. The molecule has 0 saturated carbocycles. The molecule has 162 valence electrons. The first-order valence-corrected chi connectivity index (χ1v) is 10.5. The normalized spacial score (nSPS) is 10.9. The number of aromatic nitrogens is 5. The molecule has 0 aliphatic heterocycles. The lowest BCUT2D eigenvalue weighted by atomic mass is 10.1. The fourth-order valence-electron chi connectivity index (χ4n) is 3.26. The molecule has 5 rings (SSSR count). The molecule has 0 aliphatic carbocycles. The van der Waals surface area contributed by atoms with Crippen LogP contribution in [0.4, 0.5) is 5.82 Å². The third kappa shape index (κ3) is 3.87. The van der Waals surface area contributed by atoms with Gasteiger partial charge in [-0.3, -0.25) is 4.98 Å². The fraction of sp³-hybridized carbons (Fsp3) is 0. The molecule has 4 heterocycles. The number of hydrogen-bond donors (Lipinski definition) is 2. The topological polar surface area (TPSA) is 129 Å². The van der Waals surface area contributed by atoms with Crippen LogP contribution in [0.25, 0.3) is 28.0 Å². The molecule has 10 heteroatoms. The van der Waals surface area contributed by atoms with Crippen molar-refractivity contribution in [2.24, 2.45) is 0 Å². The van der Waals surface area contributed by atoms with Crippen LogP contribution in [0.3, 0.4) is 0 Å². The average molecular weight is 503 g/mol. The van der Waals surface area contributed by atoms with Gasteiger partial charge < -0.3 is 15.6 Å². The SMILES string of the molecule is Nc1c(Br)c(Oc2ccc(C(=O)O)nc2)nc2c(-c3ccc(-c4ccccc4)nc3)cnn12. The van der Waals surface area contributed by atoms with E-state index in [0.717, 1.165) is 22.4 Å². The van der Waals surface area contributed by atoms with Crippen LogP contribution >= 0.6 is 15.9 Å². The predicted octanol–water partition coefficient (Wildman–Crippen LogP) is 4.69. The number of rotatable bonds is 5. The Hall–Kier alpha value is -4.31. The van der Waals surface area contributed by atoms with Crippen LogP contribution in [-0.2, 0) is 0 Å². The first kappa shape index (κ1) is 20.6. The van der Waals surface area contributed by atoms with Gasteiger partial charge in [0.1, 0.15) is 21.7 Å². The molecule has 0 aliphatic rings. The summed E-state index contributed by atoms with van der Waals surface area (Å²) in [4.78, 5) is 24.0. The van der Waals surface area contributed by atoms with Gasteiger partial charge in [0, 0.05) is 22.9 Å². The lowest BCUT2D eigenvalue weighted by Crippen LogP contribution is -2.04. The van der Waals surface area contributed by atoms with Gasteiger partial charge in [-0.2, -0.15) is 14.6 Å². The summed E-state index contributed by atoms with van der Waals surface area (Å²) in [5.74, 6) is -0.320. The summed E-state index contributed by atoms with van der Waals surface area (Å²) in [6.07, 6.45) is 4.73. The van der Waals surface area contributed by atoms with Crippen molar-refractivity contribution >= 4 is 33.4 Å². The summed E-state index contributed by atoms with van der Waals surface area (Å²) in [5, 5.41) is 13.4. The molecule has 5 aromatic rings. The van der Waals surface area contributed by atoms with Gasteiger partial charge in [-0.05, 0) is 34.1 Å². The number of nitrogen functional groups attached to an aromatic ring is 1. The van der Waals surface area contributed by atoms with Crippen molar-refractivity contribution in [1.82, 2.24) is 24.6 Å². The number of hydrogen-bond acceptors (Lipinski definition) is 7. The second-order valence-corrected chi connectivity index (χ2v) is 7.79. The zero-order chi connectivity index (χ0) is 22.9. The maximum Gasteiger partial charge on any atom is 0.354 e. The zero-order valence-corrected chi connectivity index (χ0v) is 18.5. The standard InChI is InChI=1S/C23H15BrN6O3/c24-19-20(25)30-21(29-22(19)33-15-7-9-18(23(31)32)27-11-15)16(12-28-30)14-6-8-17(26-10-14)13-4-2-1-3-5-13/h1-12H,25H2,(H,31,32). The molecule has 4 aromatic heterocycles. The molecule has 1 aromatic carbocycles. The predicted molar refractivity (Wildman–Crippen MR) is 125 cm³/mol. The molecule has 0 radical (unpaired) electrons. The molecular formula is C23H15BrN6O3. The summed E-state index contributed by atoms with van der Waals surface area (Å²) < 4.78 is 7.73. The van der Waals surface area contributed by atoms with E-state index in [9.17, 15) is 4.79 Å². The van der Waals surface area contributed by atoms with Crippen molar-refractivity contribution < 1.29 is 14.6 Å². The largest absolute Gasteiger partial charge is 0.477 e. The van der Waals surface area contributed by atoms with E-state index in [1.54, 1.807) is 12.4 Å². The number of fused-ring (bicyclic) bond motifs is 1. The van der Waals surface area contributed by atoms with E-state index < -0.39 is 5.97 Å². The van der Waals surface area contributed by atoms with Crippen LogP contribution in [0, 0.1) is 0 Å². The lowest BCUT2D eigenvalue weighted by molar-refractivity contribution is 0.0690. The number of ether oxygens (including phenoxy) is 1. The van der Waals surface area contributed by atoms with Gasteiger partial charge in [0.25, 0.3) is 0 Å². The van der Waals surface area contributed by atoms with Crippen molar-refractivity contribution in [2.75, 3.05) is 5.73 Å². The van der Waals surface area contributed by atoms with Crippen LogP contribution in [0.15, 0.2) is 77.7 Å². The summed E-state index contributed by atoms with van der Waals surface area (Å²) in [7, 11) is 0.